The zero-order valence-corrected chi connectivity index (χ0v) is 17.2. The molecule has 6 heteroatoms. The Morgan fingerprint density at radius 3 is 2.56 bits per heavy atom. The summed E-state index contributed by atoms with van der Waals surface area (Å²) in [6.07, 6.45) is 0. The number of thiazole rings is 1. The number of methoxy groups -OCH3 is 1. The SMILES string of the molecule is COc1ccc(NC(=O)C(C)SCc2csc(-c3ccc(C)cc3)n2)cc1. The first-order valence-corrected chi connectivity index (χ1v) is 10.6. The van der Waals surface area contributed by atoms with Gasteiger partial charge in [0, 0.05) is 22.4 Å². The van der Waals surface area contributed by atoms with Crippen molar-refractivity contribution in [3.05, 3.63) is 65.2 Å². The molecule has 0 saturated heterocycles. The van der Waals surface area contributed by atoms with Crippen LogP contribution in [0.3, 0.4) is 0 Å². The molecule has 0 aliphatic carbocycles. The number of hydrogen-bond acceptors (Lipinski definition) is 5. The Labute approximate surface area is 168 Å². The van der Waals surface area contributed by atoms with Gasteiger partial charge in [0.1, 0.15) is 10.8 Å². The highest BCUT2D eigenvalue weighted by Gasteiger charge is 2.15. The summed E-state index contributed by atoms with van der Waals surface area (Å²) in [6.45, 7) is 3.99. The molecule has 0 fully saturated rings. The third kappa shape index (κ3) is 5.34. The fourth-order valence-corrected chi connectivity index (χ4v) is 4.12. The van der Waals surface area contributed by atoms with Gasteiger partial charge in [-0.15, -0.1) is 23.1 Å². The van der Waals surface area contributed by atoms with E-state index in [0.29, 0.717) is 5.75 Å². The molecular weight excluding hydrogens is 376 g/mol. The Morgan fingerprint density at radius 1 is 1.19 bits per heavy atom. The number of benzene rings is 2. The zero-order chi connectivity index (χ0) is 19.2. The first-order valence-electron chi connectivity index (χ1n) is 8.63. The van der Waals surface area contributed by atoms with Crippen molar-refractivity contribution in [1.82, 2.24) is 4.98 Å². The van der Waals surface area contributed by atoms with Gasteiger partial charge in [0.2, 0.25) is 5.91 Å². The first-order chi connectivity index (χ1) is 13.0. The Kier molecular flexibility index (Phi) is 6.53. The van der Waals surface area contributed by atoms with Crippen LogP contribution in [0.25, 0.3) is 10.6 Å². The number of amides is 1. The van der Waals surface area contributed by atoms with Crippen molar-refractivity contribution in [2.24, 2.45) is 0 Å². The van der Waals surface area contributed by atoms with Crippen LogP contribution in [0.2, 0.25) is 0 Å². The fourth-order valence-electron chi connectivity index (χ4n) is 2.41. The summed E-state index contributed by atoms with van der Waals surface area (Å²) in [5, 5.41) is 5.84. The molecule has 1 unspecified atom stereocenters. The van der Waals surface area contributed by atoms with E-state index in [2.05, 4.69) is 41.9 Å². The van der Waals surface area contributed by atoms with Gasteiger partial charge in [-0.05, 0) is 38.1 Å². The lowest BCUT2D eigenvalue weighted by atomic mass is 10.2. The lowest BCUT2D eigenvalue weighted by Gasteiger charge is -2.11. The average molecular weight is 399 g/mol. The second-order valence-corrected chi connectivity index (χ2v) is 8.37. The van der Waals surface area contributed by atoms with Gasteiger partial charge < -0.3 is 10.1 Å². The quantitative estimate of drug-likeness (QED) is 0.580. The van der Waals surface area contributed by atoms with Crippen molar-refractivity contribution < 1.29 is 9.53 Å². The first kappa shape index (κ1) is 19.5. The Bertz CT molecular complexity index is 889. The van der Waals surface area contributed by atoms with Gasteiger partial charge >= 0.3 is 0 Å². The molecule has 0 aliphatic rings. The van der Waals surface area contributed by atoms with E-state index in [1.165, 1.54) is 5.56 Å². The number of rotatable bonds is 7. The van der Waals surface area contributed by atoms with E-state index in [0.717, 1.165) is 27.7 Å². The summed E-state index contributed by atoms with van der Waals surface area (Å²) < 4.78 is 5.13. The van der Waals surface area contributed by atoms with Crippen molar-refractivity contribution in [2.75, 3.05) is 12.4 Å². The molecule has 4 nitrogen and oxygen atoms in total. The minimum absolute atomic E-state index is 0.0147. The van der Waals surface area contributed by atoms with Gasteiger partial charge in [-0.2, -0.15) is 0 Å². The largest absolute Gasteiger partial charge is 0.497 e. The summed E-state index contributed by atoms with van der Waals surface area (Å²) in [5.74, 6) is 1.46. The van der Waals surface area contributed by atoms with E-state index < -0.39 is 0 Å². The minimum Gasteiger partial charge on any atom is -0.497 e. The van der Waals surface area contributed by atoms with Crippen molar-refractivity contribution >= 4 is 34.7 Å². The van der Waals surface area contributed by atoms with Crippen molar-refractivity contribution in [1.29, 1.82) is 0 Å². The number of aryl methyl sites for hydroxylation is 1. The Balaban J connectivity index is 1.53. The summed E-state index contributed by atoms with van der Waals surface area (Å²) >= 11 is 3.22. The molecule has 1 amide bonds. The zero-order valence-electron chi connectivity index (χ0n) is 15.6. The van der Waals surface area contributed by atoms with Gasteiger partial charge in [0.25, 0.3) is 0 Å². The Hall–Kier alpha value is -2.31. The number of nitrogens with zero attached hydrogens (tertiary/aromatic N) is 1. The number of aromatic nitrogens is 1. The number of nitrogens with one attached hydrogen (secondary N) is 1. The van der Waals surface area contributed by atoms with Crippen LogP contribution in [-0.2, 0) is 10.5 Å². The van der Waals surface area contributed by atoms with Gasteiger partial charge in [-0.3, -0.25) is 4.79 Å². The van der Waals surface area contributed by atoms with E-state index in [1.807, 2.05) is 31.2 Å². The van der Waals surface area contributed by atoms with E-state index in [1.54, 1.807) is 30.2 Å². The normalized spacial score (nSPS) is 11.8. The van der Waals surface area contributed by atoms with E-state index >= 15 is 0 Å². The molecule has 1 heterocycles. The molecule has 0 saturated carbocycles. The van der Waals surface area contributed by atoms with Crippen LogP contribution in [-0.4, -0.2) is 23.3 Å². The van der Waals surface area contributed by atoms with Crippen LogP contribution in [0.5, 0.6) is 5.75 Å². The van der Waals surface area contributed by atoms with Crippen LogP contribution in [0.1, 0.15) is 18.2 Å². The predicted molar refractivity (Wildman–Crippen MR) is 115 cm³/mol. The topological polar surface area (TPSA) is 51.2 Å². The summed E-state index contributed by atoms with van der Waals surface area (Å²) in [5.41, 5.74) is 4.14. The van der Waals surface area contributed by atoms with Gasteiger partial charge in [-0.1, -0.05) is 29.8 Å². The molecule has 3 rings (SSSR count). The van der Waals surface area contributed by atoms with Gasteiger partial charge in [0.05, 0.1) is 18.1 Å². The summed E-state index contributed by atoms with van der Waals surface area (Å²) in [6, 6.07) is 15.7. The van der Waals surface area contributed by atoms with E-state index in [-0.39, 0.29) is 11.2 Å². The highest BCUT2D eigenvalue weighted by molar-refractivity contribution is 7.99. The molecule has 1 N–H and O–H groups in total. The maximum absolute atomic E-state index is 12.4. The van der Waals surface area contributed by atoms with Gasteiger partial charge in [-0.25, -0.2) is 4.98 Å². The van der Waals surface area contributed by atoms with Crippen LogP contribution in [0, 0.1) is 6.92 Å². The molecule has 27 heavy (non-hydrogen) atoms. The highest BCUT2D eigenvalue weighted by Crippen LogP contribution is 2.27. The molecule has 0 bridgehead atoms. The van der Waals surface area contributed by atoms with Crippen LogP contribution >= 0.6 is 23.1 Å². The second-order valence-electron chi connectivity index (χ2n) is 6.18. The minimum atomic E-state index is -0.170. The highest BCUT2D eigenvalue weighted by atomic mass is 32.2. The van der Waals surface area contributed by atoms with Crippen LogP contribution in [0.15, 0.2) is 53.9 Å². The number of carbonyl (C=O) groups excluding carboxylic acids is 1. The Morgan fingerprint density at radius 2 is 1.89 bits per heavy atom. The standard InChI is InChI=1S/C21H22N2O2S2/c1-14-4-6-16(7-5-14)21-23-18(13-27-21)12-26-15(2)20(24)22-17-8-10-19(25-3)11-9-17/h4-11,13,15H,12H2,1-3H3,(H,22,24). The van der Waals surface area contributed by atoms with Crippen LogP contribution in [0.4, 0.5) is 5.69 Å². The second kappa shape index (κ2) is 9.06. The number of thioether (sulfide) groups is 1. The van der Waals surface area contributed by atoms with Crippen LogP contribution < -0.4 is 10.1 Å². The molecule has 1 aromatic heterocycles. The molecule has 0 spiro atoms. The molecule has 2 aromatic carbocycles. The molecule has 1 atom stereocenters. The van der Waals surface area contributed by atoms with Crippen molar-refractivity contribution in [2.45, 2.75) is 24.9 Å². The fraction of sp³-hybridized carbons (Fsp3) is 0.238. The maximum atomic E-state index is 12.4. The number of carbonyl (C=O) groups is 1. The summed E-state index contributed by atoms with van der Waals surface area (Å²) in [7, 11) is 1.62. The lowest BCUT2D eigenvalue weighted by molar-refractivity contribution is -0.115. The van der Waals surface area contributed by atoms with E-state index in [9.17, 15) is 4.79 Å². The van der Waals surface area contributed by atoms with Crippen molar-refractivity contribution in [3.8, 4) is 16.3 Å². The predicted octanol–water partition coefficient (Wildman–Crippen LogP) is 5.39. The third-order valence-corrected chi connectivity index (χ3v) is 6.17. The molecule has 0 aliphatic heterocycles. The van der Waals surface area contributed by atoms with Gasteiger partial charge in [0.15, 0.2) is 0 Å². The monoisotopic (exact) mass is 398 g/mol. The summed E-state index contributed by atoms with van der Waals surface area (Å²) in [4.78, 5) is 17.1. The van der Waals surface area contributed by atoms with E-state index in [4.69, 9.17) is 9.72 Å². The molecule has 0 radical (unpaired) electrons. The number of ether oxygens (including phenoxy) is 1. The smallest absolute Gasteiger partial charge is 0.237 e. The number of hydrogen-bond donors (Lipinski definition) is 1. The molecule has 140 valence electrons. The molecular formula is C21H22N2O2S2. The molecule has 3 aromatic rings. The number of anilines is 1. The lowest BCUT2D eigenvalue weighted by Crippen LogP contribution is -2.22. The maximum Gasteiger partial charge on any atom is 0.237 e. The van der Waals surface area contributed by atoms with Crippen molar-refractivity contribution in [3.63, 3.8) is 0 Å². The average Bonchev–Trinajstić information content (AvgIpc) is 3.16. The third-order valence-electron chi connectivity index (χ3n) is 4.06.